The van der Waals surface area contributed by atoms with Gasteiger partial charge >= 0.3 is 0 Å². The van der Waals surface area contributed by atoms with Gasteiger partial charge < -0.3 is 9.47 Å². The monoisotopic (exact) mass is 362 g/mol. The summed E-state index contributed by atoms with van der Waals surface area (Å²) in [7, 11) is 0. The van der Waals surface area contributed by atoms with E-state index < -0.39 is 5.91 Å². The van der Waals surface area contributed by atoms with E-state index in [0.717, 1.165) is 0 Å². The highest BCUT2D eigenvalue weighted by Crippen LogP contribution is 2.15. The summed E-state index contributed by atoms with van der Waals surface area (Å²) in [6.45, 7) is 2.62. The Balaban J connectivity index is 1.70. The molecule has 0 radical (unpaired) electrons. The van der Waals surface area contributed by atoms with Gasteiger partial charge in [0.2, 0.25) is 5.91 Å². The van der Waals surface area contributed by atoms with Crippen LogP contribution >= 0.6 is 11.6 Å². The minimum absolute atomic E-state index is 0.103. The molecule has 0 bridgehead atoms. The fourth-order valence-electron chi connectivity index (χ4n) is 1.92. The Morgan fingerprint density at radius 2 is 1.52 bits per heavy atom. The first-order valence-electron chi connectivity index (χ1n) is 7.79. The third-order valence-electron chi connectivity index (χ3n) is 3.15. The van der Waals surface area contributed by atoms with Crippen LogP contribution in [-0.2, 0) is 4.79 Å². The predicted octanol–water partition coefficient (Wildman–Crippen LogP) is 2.97. The zero-order chi connectivity index (χ0) is 18.1. The standard InChI is InChI=1S/C18H19ClN2O4/c1-2-24-15-7-3-13(4-8-15)18(23)21-20-17(22)11-12-25-16-9-5-14(19)6-10-16/h3-10H,2,11-12H2,1H3,(H,20,22)(H,21,23). The zero-order valence-electron chi connectivity index (χ0n) is 13.8. The molecule has 25 heavy (non-hydrogen) atoms. The van der Waals surface area contributed by atoms with Crippen molar-refractivity contribution in [3.05, 3.63) is 59.1 Å². The molecule has 2 amide bonds. The van der Waals surface area contributed by atoms with Crippen LogP contribution in [0.4, 0.5) is 0 Å². The van der Waals surface area contributed by atoms with E-state index in [-0.39, 0.29) is 18.9 Å². The zero-order valence-corrected chi connectivity index (χ0v) is 14.5. The van der Waals surface area contributed by atoms with Gasteiger partial charge in [0.15, 0.2) is 0 Å². The van der Waals surface area contributed by atoms with Crippen LogP contribution in [0.2, 0.25) is 5.02 Å². The molecule has 0 saturated heterocycles. The molecule has 0 aliphatic carbocycles. The lowest BCUT2D eigenvalue weighted by atomic mass is 10.2. The fourth-order valence-corrected chi connectivity index (χ4v) is 2.05. The number of carbonyl (C=O) groups is 2. The Hall–Kier alpha value is -2.73. The van der Waals surface area contributed by atoms with Gasteiger partial charge in [0.1, 0.15) is 11.5 Å². The summed E-state index contributed by atoms with van der Waals surface area (Å²) in [5.74, 6) is 0.543. The molecule has 0 unspecified atom stereocenters. The average molecular weight is 363 g/mol. The Kier molecular flexibility index (Phi) is 7.10. The van der Waals surface area contributed by atoms with Gasteiger partial charge in [0.05, 0.1) is 19.6 Å². The molecule has 0 saturated carbocycles. The van der Waals surface area contributed by atoms with E-state index in [1.807, 2.05) is 6.92 Å². The number of halogens is 1. The Labute approximate surface area is 151 Å². The third kappa shape index (κ3) is 6.35. The lowest BCUT2D eigenvalue weighted by Gasteiger charge is -2.09. The summed E-state index contributed by atoms with van der Waals surface area (Å²) < 4.78 is 10.7. The molecule has 0 aromatic heterocycles. The summed E-state index contributed by atoms with van der Waals surface area (Å²) in [5.41, 5.74) is 5.12. The molecule has 0 fully saturated rings. The van der Waals surface area contributed by atoms with E-state index in [9.17, 15) is 9.59 Å². The smallest absolute Gasteiger partial charge is 0.269 e. The van der Waals surface area contributed by atoms with Crippen molar-refractivity contribution in [2.24, 2.45) is 0 Å². The second-order valence-electron chi connectivity index (χ2n) is 5.01. The first kappa shape index (κ1) is 18.6. The molecule has 0 atom stereocenters. The first-order chi connectivity index (χ1) is 12.1. The Morgan fingerprint density at radius 1 is 0.920 bits per heavy atom. The number of nitrogens with one attached hydrogen (secondary N) is 2. The van der Waals surface area contributed by atoms with Crippen LogP contribution in [0.25, 0.3) is 0 Å². The van der Waals surface area contributed by atoms with Crippen molar-refractivity contribution >= 4 is 23.4 Å². The number of carbonyl (C=O) groups excluding carboxylic acids is 2. The highest BCUT2D eigenvalue weighted by Gasteiger charge is 2.08. The quantitative estimate of drug-likeness (QED) is 0.742. The van der Waals surface area contributed by atoms with Gasteiger partial charge in [-0.15, -0.1) is 0 Å². The van der Waals surface area contributed by atoms with Gasteiger partial charge in [-0.3, -0.25) is 20.4 Å². The van der Waals surface area contributed by atoms with E-state index in [0.29, 0.717) is 28.7 Å². The van der Waals surface area contributed by atoms with E-state index >= 15 is 0 Å². The number of benzene rings is 2. The van der Waals surface area contributed by atoms with E-state index in [4.69, 9.17) is 21.1 Å². The number of amides is 2. The molecule has 132 valence electrons. The van der Waals surface area contributed by atoms with Crippen LogP contribution in [0, 0.1) is 0 Å². The Morgan fingerprint density at radius 3 is 2.16 bits per heavy atom. The fraction of sp³-hybridized carbons (Fsp3) is 0.222. The average Bonchev–Trinajstić information content (AvgIpc) is 2.62. The summed E-state index contributed by atoms with van der Waals surface area (Å²) in [5, 5.41) is 0.613. The molecule has 2 aromatic rings. The molecule has 0 aliphatic heterocycles. The lowest BCUT2D eigenvalue weighted by Crippen LogP contribution is -2.42. The number of ether oxygens (including phenoxy) is 2. The number of hydrogen-bond donors (Lipinski definition) is 2. The van der Waals surface area contributed by atoms with E-state index in [1.54, 1.807) is 48.5 Å². The minimum Gasteiger partial charge on any atom is -0.494 e. The van der Waals surface area contributed by atoms with Crippen LogP contribution in [0.15, 0.2) is 48.5 Å². The van der Waals surface area contributed by atoms with Crippen molar-refractivity contribution in [2.75, 3.05) is 13.2 Å². The van der Waals surface area contributed by atoms with E-state index in [1.165, 1.54) is 0 Å². The largest absolute Gasteiger partial charge is 0.494 e. The predicted molar refractivity (Wildman–Crippen MR) is 94.8 cm³/mol. The van der Waals surface area contributed by atoms with Gasteiger partial charge in [0.25, 0.3) is 5.91 Å². The summed E-state index contributed by atoms with van der Waals surface area (Å²) in [6.07, 6.45) is 0.103. The maximum atomic E-state index is 11.9. The lowest BCUT2D eigenvalue weighted by molar-refractivity contribution is -0.122. The molecule has 0 aliphatic rings. The summed E-state index contributed by atoms with van der Waals surface area (Å²) >= 11 is 5.78. The highest BCUT2D eigenvalue weighted by molar-refractivity contribution is 6.30. The van der Waals surface area contributed by atoms with Crippen LogP contribution in [0.5, 0.6) is 11.5 Å². The number of rotatable bonds is 7. The number of hydrogen-bond acceptors (Lipinski definition) is 4. The van der Waals surface area contributed by atoms with Crippen molar-refractivity contribution in [1.29, 1.82) is 0 Å². The molecular weight excluding hydrogens is 344 g/mol. The molecule has 7 heteroatoms. The molecule has 0 spiro atoms. The normalized spacial score (nSPS) is 10.0. The van der Waals surface area contributed by atoms with Crippen molar-refractivity contribution in [3.63, 3.8) is 0 Å². The molecular formula is C18H19ClN2O4. The van der Waals surface area contributed by atoms with Crippen LogP contribution in [-0.4, -0.2) is 25.0 Å². The van der Waals surface area contributed by atoms with Crippen molar-refractivity contribution in [1.82, 2.24) is 10.9 Å². The van der Waals surface area contributed by atoms with Gasteiger partial charge in [-0.2, -0.15) is 0 Å². The van der Waals surface area contributed by atoms with Gasteiger partial charge in [-0.1, -0.05) is 11.6 Å². The summed E-state index contributed by atoms with van der Waals surface area (Å²) in [4.78, 5) is 23.7. The third-order valence-corrected chi connectivity index (χ3v) is 3.41. The second-order valence-corrected chi connectivity index (χ2v) is 5.45. The van der Waals surface area contributed by atoms with E-state index in [2.05, 4.69) is 10.9 Å². The minimum atomic E-state index is -0.407. The SMILES string of the molecule is CCOc1ccc(C(=O)NNC(=O)CCOc2ccc(Cl)cc2)cc1. The molecule has 2 aromatic carbocycles. The van der Waals surface area contributed by atoms with Crippen LogP contribution < -0.4 is 20.3 Å². The molecule has 6 nitrogen and oxygen atoms in total. The maximum Gasteiger partial charge on any atom is 0.269 e. The molecule has 0 heterocycles. The summed E-state index contributed by atoms with van der Waals surface area (Å²) in [6, 6.07) is 13.5. The van der Waals surface area contributed by atoms with Gasteiger partial charge in [-0.05, 0) is 55.5 Å². The van der Waals surface area contributed by atoms with Crippen molar-refractivity contribution in [3.8, 4) is 11.5 Å². The molecule has 2 N–H and O–H groups in total. The van der Waals surface area contributed by atoms with Gasteiger partial charge in [-0.25, -0.2) is 0 Å². The van der Waals surface area contributed by atoms with Crippen LogP contribution in [0.1, 0.15) is 23.7 Å². The first-order valence-corrected chi connectivity index (χ1v) is 8.16. The van der Waals surface area contributed by atoms with Crippen molar-refractivity contribution < 1.29 is 19.1 Å². The molecule has 2 rings (SSSR count). The Bertz CT molecular complexity index is 702. The highest BCUT2D eigenvalue weighted by atomic mass is 35.5. The second kappa shape index (κ2) is 9.54. The van der Waals surface area contributed by atoms with Crippen LogP contribution in [0.3, 0.4) is 0 Å². The van der Waals surface area contributed by atoms with Crippen molar-refractivity contribution in [2.45, 2.75) is 13.3 Å². The number of hydrazine groups is 1. The maximum absolute atomic E-state index is 11.9. The topological polar surface area (TPSA) is 76.7 Å². The van der Waals surface area contributed by atoms with Gasteiger partial charge in [0, 0.05) is 10.6 Å².